The molecule has 0 bridgehead atoms. The second-order valence-electron chi connectivity index (χ2n) is 3.21. The predicted octanol–water partition coefficient (Wildman–Crippen LogP) is 2.37. The van der Waals surface area contributed by atoms with Crippen LogP contribution in [0.5, 0.6) is 0 Å². The number of aromatic amines is 1. The molecule has 2 nitrogen and oxygen atoms in total. The molecule has 0 unspecified atom stereocenters. The number of rotatable bonds is 0. The van der Waals surface area contributed by atoms with Crippen molar-refractivity contribution in [2.24, 2.45) is 0 Å². The highest BCUT2D eigenvalue weighted by Crippen LogP contribution is 2.24. The first-order valence-corrected chi connectivity index (χ1v) is 4.03. The fourth-order valence-electron chi connectivity index (χ4n) is 1.46. The molecule has 2 heteroatoms. The number of benzene rings is 1. The third-order valence-corrected chi connectivity index (χ3v) is 2.19. The van der Waals surface area contributed by atoms with Gasteiger partial charge in [-0.2, -0.15) is 0 Å². The maximum Gasteiger partial charge on any atom is 0.0602 e. The third-order valence-electron chi connectivity index (χ3n) is 2.19. The number of aromatic nitrogens is 1. The first-order valence-electron chi connectivity index (χ1n) is 4.03. The number of nitrogens with two attached hydrogens (primary N) is 1. The minimum atomic E-state index is 0.869. The molecule has 12 heavy (non-hydrogen) atoms. The summed E-state index contributed by atoms with van der Waals surface area (Å²) in [6.45, 7) is 4.06. The molecule has 0 fully saturated rings. The Bertz CT molecular complexity index is 427. The maximum atomic E-state index is 5.88. The van der Waals surface area contributed by atoms with Crippen molar-refractivity contribution >= 4 is 16.6 Å². The number of anilines is 1. The van der Waals surface area contributed by atoms with E-state index in [1.165, 1.54) is 5.56 Å². The Kier molecular flexibility index (Phi) is 1.37. The van der Waals surface area contributed by atoms with E-state index in [9.17, 15) is 0 Å². The first-order chi connectivity index (χ1) is 5.68. The van der Waals surface area contributed by atoms with Gasteiger partial charge in [-0.25, -0.2) is 0 Å². The van der Waals surface area contributed by atoms with Crippen LogP contribution in [0, 0.1) is 13.8 Å². The van der Waals surface area contributed by atoms with Crippen molar-refractivity contribution < 1.29 is 0 Å². The van der Waals surface area contributed by atoms with Gasteiger partial charge < -0.3 is 10.7 Å². The monoisotopic (exact) mass is 160 g/mol. The molecule has 0 aliphatic heterocycles. The van der Waals surface area contributed by atoms with Crippen molar-refractivity contribution in [3.05, 3.63) is 29.5 Å². The normalized spacial score (nSPS) is 10.8. The number of H-pyrrole nitrogens is 1. The minimum absolute atomic E-state index is 0.869. The smallest absolute Gasteiger partial charge is 0.0602 e. The molecule has 2 aromatic rings. The van der Waals surface area contributed by atoms with Crippen LogP contribution in [0.15, 0.2) is 18.2 Å². The lowest BCUT2D eigenvalue weighted by Crippen LogP contribution is -1.84. The van der Waals surface area contributed by atoms with E-state index in [0.29, 0.717) is 0 Å². The van der Waals surface area contributed by atoms with Crippen LogP contribution >= 0.6 is 0 Å². The van der Waals surface area contributed by atoms with Gasteiger partial charge in [0.2, 0.25) is 0 Å². The fraction of sp³-hybridized carbons (Fsp3) is 0.200. The van der Waals surface area contributed by atoms with Gasteiger partial charge in [-0.15, -0.1) is 0 Å². The molecule has 2 rings (SSSR count). The Hall–Kier alpha value is -1.44. The second kappa shape index (κ2) is 2.27. The highest BCUT2D eigenvalue weighted by molar-refractivity contribution is 5.93. The lowest BCUT2D eigenvalue weighted by Gasteiger charge is -1.93. The Morgan fingerprint density at radius 3 is 2.75 bits per heavy atom. The van der Waals surface area contributed by atoms with Gasteiger partial charge in [0.05, 0.1) is 5.69 Å². The van der Waals surface area contributed by atoms with Crippen LogP contribution in [0.3, 0.4) is 0 Å². The van der Waals surface area contributed by atoms with Crippen LogP contribution in [0.4, 0.5) is 5.69 Å². The van der Waals surface area contributed by atoms with E-state index in [2.05, 4.69) is 30.1 Å². The molecule has 0 atom stereocenters. The SMILES string of the molecule is Cc1ccc2[nH]c(C)c(N)c2c1. The zero-order valence-electron chi connectivity index (χ0n) is 7.31. The molecule has 1 heterocycles. The van der Waals surface area contributed by atoms with Gasteiger partial charge in [0.25, 0.3) is 0 Å². The molecule has 0 saturated carbocycles. The number of fused-ring (bicyclic) bond motifs is 1. The summed E-state index contributed by atoms with van der Waals surface area (Å²) in [7, 11) is 0. The van der Waals surface area contributed by atoms with Crippen molar-refractivity contribution in [3.63, 3.8) is 0 Å². The summed E-state index contributed by atoms with van der Waals surface area (Å²) in [4.78, 5) is 3.23. The topological polar surface area (TPSA) is 41.8 Å². The summed E-state index contributed by atoms with van der Waals surface area (Å²) in [6, 6.07) is 6.25. The van der Waals surface area contributed by atoms with Gasteiger partial charge in [-0.1, -0.05) is 11.6 Å². The molecule has 3 N–H and O–H groups in total. The highest BCUT2D eigenvalue weighted by atomic mass is 14.8. The van der Waals surface area contributed by atoms with E-state index >= 15 is 0 Å². The van der Waals surface area contributed by atoms with Gasteiger partial charge in [-0.05, 0) is 26.0 Å². The van der Waals surface area contributed by atoms with Gasteiger partial charge in [0, 0.05) is 16.6 Å². The van der Waals surface area contributed by atoms with E-state index in [0.717, 1.165) is 22.3 Å². The van der Waals surface area contributed by atoms with Crippen LogP contribution in [0.2, 0.25) is 0 Å². The fourth-order valence-corrected chi connectivity index (χ4v) is 1.46. The average Bonchev–Trinajstić information content (AvgIpc) is 2.31. The van der Waals surface area contributed by atoms with Gasteiger partial charge >= 0.3 is 0 Å². The van der Waals surface area contributed by atoms with Crippen LogP contribution in [0.1, 0.15) is 11.3 Å². The molecule has 1 aromatic heterocycles. The Labute approximate surface area is 71.4 Å². The van der Waals surface area contributed by atoms with E-state index in [-0.39, 0.29) is 0 Å². The molecule has 62 valence electrons. The number of nitrogen functional groups attached to an aromatic ring is 1. The molecular formula is C10H12N2. The van der Waals surface area contributed by atoms with E-state index in [1.807, 2.05) is 6.92 Å². The predicted molar refractivity (Wildman–Crippen MR) is 52.2 cm³/mol. The molecule has 0 saturated heterocycles. The third kappa shape index (κ3) is 0.881. The summed E-state index contributed by atoms with van der Waals surface area (Å²) in [6.07, 6.45) is 0. The molecule has 0 spiro atoms. The molecule has 0 radical (unpaired) electrons. The standard InChI is InChI=1S/C10H12N2/c1-6-3-4-9-8(5-6)10(11)7(2)12-9/h3-5,12H,11H2,1-2H3. The van der Waals surface area contributed by atoms with E-state index in [4.69, 9.17) is 5.73 Å². The zero-order chi connectivity index (χ0) is 8.72. The summed E-state index contributed by atoms with van der Waals surface area (Å²) in [5, 5.41) is 1.13. The molecule has 0 aliphatic carbocycles. The summed E-state index contributed by atoms with van der Waals surface area (Å²) in [5.41, 5.74) is 10.2. The summed E-state index contributed by atoms with van der Waals surface area (Å²) in [5.74, 6) is 0. The van der Waals surface area contributed by atoms with Gasteiger partial charge in [0.15, 0.2) is 0 Å². The first kappa shape index (κ1) is 7.22. The zero-order valence-corrected chi connectivity index (χ0v) is 7.31. The van der Waals surface area contributed by atoms with E-state index in [1.54, 1.807) is 0 Å². The summed E-state index contributed by atoms with van der Waals surface area (Å²) >= 11 is 0. The van der Waals surface area contributed by atoms with Crippen molar-refractivity contribution in [2.45, 2.75) is 13.8 Å². The minimum Gasteiger partial charge on any atom is -0.397 e. The van der Waals surface area contributed by atoms with Crippen LogP contribution < -0.4 is 5.73 Å². The summed E-state index contributed by atoms with van der Waals surface area (Å²) < 4.78 is 0. The lowest BCUT2D eigenvalue weighted by molar-refractivity contribution is 1.30. The van der Waals surface area contributed by atoms with E-state index < -0.39 is 0 Å². The van der Waals surface area contributed by atoms with Crippen molar-refractivity contribution in [2.75, 3.05) is 5.73 Å². The van der Waals surface area contributed by atoms with Crippen molar-refractivity contribution in [1.29, 1.82) is 0 Å². The number of aryl methyl sites for hydroxylation is 2. The average molecular weight is 160 g/mol. The maximum absolute atomic E-state index is 5.88. The van der Waals surface area contributed by atoms with Gasteiger partial charge in [0.1, 0.15) is 0 Å². The quantitative estimate of drug-likeness (QED) is 0.610. The molecule has 0 amide bonds. The molecular weight excluding hydrogens is 148 g/mol. The molecule has 0 aliphatic rings. The molecule has 1 aromatic carbocycles. The number of nitrogens with one attached hydrogen (secondary N) is 1. The Balaban J connectivity index is 2.88. The number of hydrogen-bond donors (Lipinski definition) is 2. The van der Waals surface area contributed by atoms with Gasteiger partial charge in [-0.3, -0.25) is 0 Å². The lowest BCUT2D eigenvalue weighted by atomic mass is 10.1. The number of hydrogen-bond acceptors (Lipinski definition) is 1. The van der Waals surface area contributed by atoms with Crippen molar-refractivity contribution in [1.82, 2.24) is 4.98 Å². The Morgan fingerprint density at radius 2 is 2.00 bits per heavy atom. The van der Waals surface area contributed by atoms with Crippen LogP contribution in [-0.4, -0.2) is 4.98 Å². The van der Waals surface area contributed by atoms with Crippen molar-refractivity contribution in [3.8, 4) is 0 Å². The van der Waals surface area contributed by atoms with Crippen LogP contribution in [0.25, 0.3) is 10.9 Å². The van der Waals surface area contributed by atoms with Crippen LogP contribution in [-0.2, 0) is 0 Å². The highest BCUT2D eigenvalue weighted by Gasteiger charge is 2.03. The largest absolute Gasteiger partial charge is 0.397 e. The Morgan fingerprint density at radius 1 is 1.25 bits per heavy atom. The second-order valence-corrected chi connectivity index (χ2v) is 3.21.